The van der Waals surface area contributed by atoms with Gasteiger partial charge in [-0.25, -0.2) is 4.98 Å². The van der Waals surface area contributed by atoms with Crippen molar-refractivity contribution in [1.82, 2.24) is 20.3 Å². The number of carbonyl (C=O) groups excluding carboxylic acids is 1. The number of aromatic nitrogens is 3. The van der Waals surface area contributed by atoms with Gasteiger partial charge in [-0.3, -0.25) is 14.8 Å². The maximum Gasteiger partial charge on any atom is 0.272 e. The minimum Gasteiger partial charge on any atom is -0.369 e. The molecule has 0 aromatic carbocycles. The van der Waals surface area contributed by atoms with Crippen LogP contribution in [0.5, 0.6) is 0 Å². The van der Waals surface area contributed by atoms with Crippen molar-refractivity contribution in [2.24, 2.45) is 0 Å². The second-order valence-corrected chi connectivity index (χ2v) is 4.30. The second-order valence-electron chi connectivity index (χ2n) is 4.30. The van der Waals surface area contributed by atoms with Gasteiger partial charge in [-0.2, -0.15) is 0 Å². The van der Waals surface area contributed by atoms with Crippen LogP contribution < -0.4 is 10.6 Å². The number of hydrogen-bond acceptors (Lipinski definition) is 5. The van der Waals surface area contributed by atoms with E-state index in [0.717, 1.165) is 12.1 Å². The van der Waals surface area contributed by atoms with E-state index in [9.17, 15) is 4.79 Å². The monoisotopic (exact) mass is 271 g/mol. The Bertz CT molecular complexity index is 573. The number of hydrogen-bond donors (Lipinski definition) is 2. The third-order valence-electron chi connectivity index (χ3n) is 2.78. The van der Waals surface area contributed by atoms with Crippen molar-refractivity contribution in [3.8, 4) is 0 Å². The average Bonchev–Trinajstić information content (AvgIpc) is 2.48. The van der Waals surface area contributed by atoms with Gasteiger partial charge in [0.15, 0.2) is 0 Å². The summed E-state index contributed by atoms with van der Waals surface area (Å²) in [5.41, 5.74) is 1.29. The lowest BCUT2D eigenvalue weighted by Gasteiger charge is -2.13. The van der Waals surface area contributed by atoms with Crippen molar-refractivity contribution in [3.63, 3.8) is 0 Å². The van der Waals surface area contributed by atoms with Crippen LogP contribution in [-0.2, 0) is 0 Å². The number of anilines is 1. The molecule has 0 spiro atoms. The zero-order valence-electron chi connectivity index (χ0n) is 11.5. The number of carbonyl (C=O) groups is 1. The van der Waals surface area contributed by atoms with E-state index in [1.807, 2.05) is 26.0 Å². The highest BCUT2D eigenvalue weighted by atomic mass is 16.1. The molecule has 0 saturated carbocycles. The fraction of sp³-hybridized carbons (Fsp3) is 0.286. The summed E-state index contributed by atoms with van der Waals surface area (Å²) in [6.07, 6.45) is 6.44. The fourth-order valence-corrected chi connectivity index (χ4v) is 1.75. The molecule has 2 aromatic heterocycles. The molecule has 0 radical (unpaired) electrons. The summed E-state index contributed by atoms with van der Waals surface area (Å²) in [5.74, 6) is 0.346. The molecule has 20 heavy (non-hydrogen) atoms. The fourth-order valence-electron chi connectivity index (χ4n) is 1.75. The highest BCUT2D eigenvalue weighted by Crippen LogP contribution is 2.11. The van der Waals surface area contributed by atoms with Gasteiger partial charge in [0.2, 0.25) is 0 Å². The van der Waals surface area contributed by atoms with Gasteiger partial charge in [0, 0.05) is 18.9 Å². The Morgan fingerprint density at radius 1 is 1.25 bits per heavy atom. The van der Waals surface area contributed by atoms with Crippen molar-refractivity contribution in [2.45, 2.75) is 19.9 Å². The summed E-state index contributed by atoms with van der Waals surface area (Å²) in [6.45, 7) is 4.60. The molecule has 6 heteroatoms. The first-order valence-electron chi connectivity index (χ1n) is 6.47. The van der Waals surface area contributed by atoms with Crippen LogP contribution in [0.15, 0.2) is 36.9 Å². The van der Waals surface area contributed by atoms with Crippen molar-refractivity contribution < 1.29 is 4.79 Å². The predicted octanol–water partition coefficient (Wildman–Crippen LogP) is 1.79. The number of rotatable bonds is 5. The van der Waals surface area contributed by atoms with Crippen LogP contribution in [0.3, 0.4) is 0 Å². The Hall–Kier alpha value is -2.50. The molecule has 2 aromatic rings. The zero-order valence-corrected chi connectivity index (χ0v) is 11.5. The smallest absolute Gasteiger partial charge is 0.272 e. The first-order valence-corrected chi connectivity index (χ1v) is 6.47. The molecule has 0 aliphatic heterocycles. The summed E-state index contributed by atoms with van der Waals surface area (Å²) in [4.78, 5) is 24.3. The second kappa shape index (κ2) is 6.60. The summed E-state index contributed by atoms with van der Waals surface area (Å²) in [6, 6.07) is 3.62. The average molecular weight is 271 g/mol. The molecule has 2 N–H and O–H groups in total. The van der Waals surface area contributed by atoms with E-state index in [2.05, 4.69) is 25.6 Å². The normalized spacial score (nSPS) is 11.7. The van der Waals surface area contributed by atoms with Crippen molar-refractivity contribution in [1.29, 1.82) is 0 Å². The molecule has 0 saturated heterocycles. The van der Waals surface area contributed by atoms with Crippen LogP contribution in [0.2, 0.25) is 0 Å². The lowest BCUT2D eigenvalue weighted by atomic mass is 10.1. The van der Waals surface area contributed by atoms with Crippen molar-refractivity contribution in [3.05, 3.63) is 48.2 Å². The van der Waals surface area contributed by atoms with Gasteiger partial charge in [0.05, 0.1) is 18.4 Å². The Morgan fingerprint density at radius 3 is 2.70 bits per heavy atom. The van der Waals surface area contributed by atoms with Gasteiger partial charge < -0.3 is 10.6 Å². The van der Waals surface area contributed by atoms with Crippen LogP contribution in [0.25, 0.3) is 0 Å². The molecule has 0 aliphatic rings. The van der Waals surface area contributed by atoms with Crippen molar-refractivity contribution >= 4 is 11.7 Å². The van der Waals surface area contributed by atoms with Gasteiger partial charge in [-0.05, 0) is 31.5 Å². The predicted molar refractivity (Wildman–Crippen MR) is 76.3 cm³/mol. The molecule has 2 heterocycles. The van der Waals surface area contributed by atoms with E-state index < -0.39 is 0 Å². The van der Waals surface area contributed by atoms with Crippen LogP contribution in [0.1, 0.15) is 35.9 Å². The van der Waals surface area contributed by atoms with E-state index >= 15 is 0 Å². The maximum absolute atomic E-state index is 12.1. The molecular weight excluding hydrogens is 254 g/mol. The number of nitrogens with zero attached hydrogens (tertiary/aromatic N) is 3. The maximum atomic E-state index is 12.1. The first-order chi connectivity index (χ1) is 9.70. The topological polar surface area (TPSA) is 79.8 Å². The van der Waals surface area contributed by atoms with Crippen LogP contribution in [0, 0.1) is 0 Å². The minimum absolute atomic E-state index is 0.116. The molecule has 1 amide bonds. The summed E-state index contributed by atoms with van der Waals surface area (Å²) < 4.78 is 0. The van der Waals surface area contributed by atoms with Gasteiger partial charge in [-0.15, -0.1) is 0 Å². The number of nitrogens with one attached hydrogen (secondary N) is 2. The number of amides is 1. The molecule has 2 rings (SSSR count). The SMILES string of the molecule is CCNc1cncc(C(=O)NC(C)c2ccncc2)n1. The van der Waals surface area contributed by atoms with Crippen LogP contribution in [0.4, 0.5) is 5.82 Å². The van der Waals surface area contributed by atoms with Crippen LogP contribution >= 0.6 is 0 Å². The van der Waals surface area contributed by atoms with E-state index in [4.69, 9.17) is 0 Å². The molecule has 0 bridgehead atoms. The van der Waals surface area contributed by atoms with Gasteiger partial charge in [0.1, 0.15) is 11.5 Å². The Labute approximate surface area is 117 Å². The Kier molecular flexibility index (Phi) is 4.60. The van der Waals surface area contributed by atoms with E-state index in [-0.39, 0.29) is 11.9 Å². The molecule has 0 fully saturated rings. The van der Waals surface area contributed by atoms with Crippen LogP contribution in [-0.4, -0.2) is 27.4 Å². The summed E-state index contributed by atoms with van der Waals surface area (Å²) >= 11 is 0. The quantitative estimate of drug-likeness (QED) is 0.866. The highest BCUT2D eigenvalue weighted by Gasteiger charge is 2.13. The lowest BCUT2D eigenvalue weighted by Crippen LogP contribution is -2.27. The van der Waals surface area contributed by atoms with Gasteiger partial charge >= 0.3 is 0 Å². The van der Waals surface area contributed by atoms with E-state index in [0.29, 0.717) is 11.5 Å². The van der Waals surface area contributed by atoms with Gasteiger partial charge in [0.25, 0.3) is 5.91 Å². The highest BCUT2D eigenvalue weighted by molar-refractivity contribution is 5.92. The first kappa shape index (κ1) is 13.9. The third-order valence-corrected chi connectivity index (χ3v) is 2.78. The summed E-state index contributed by atoms with van der Waals surface area (Å²) in [5, 5.41) is 5.91. The lowest BCUT2D eigenvalue weighted by molar-refractivity contribution is 0.0934. The zero-order chi connectivity index (χ0) is 14.4. The minimum atomic E-state index is -0.249. The third kappa shape index (κ3) is 3.50. The molecule has 104 valence electrons. The largest absolute Gasteiger partial charge is 0.369 e. The van der Waals surface area contributed by atoms with Gasteiger partial charge in [-0.1, -0.05) is 0 Å². The number of pyridine rings is 1. The molecule has 0 aliphatic carbocycles. The molecule has 1 unspecified atom stereocenters. The summed E-state index contributed by atoms with van der Waals surface area (Å²) in [7, 11) is 0. The molecular formula is C14H17N5O. The van der Waals surface area contributed by atoms with Crippen molar-refractivity contribution in [2.75, 3.05) is 11.9 Å². The Morgan fingerprint density at radius 2 is 2.00 bits per heavy atom. The standard InChI is InChI=1S/C14H17N5O/c1-3-17-13-9-16-8-12(19-13)14(20)18-10(2)11-4-6-15-7-5-11/h4-10H,3H2,1-2H3,(H,17,19)(H,18,20). The van der Waals surface area contributed by atoms with E-state index in [1.54, 1.807) is 18.6 Å². The Balaban J connectivity index is 2.06. The molecule has 1 atom stereocenters. The molecule has 6 nitrogen and oxygen atoms in total. The van der Waals surface area contributed by atoms with E-state index in [1.165, 1.54) is 6.20 Å².